The highest BCUT2D eigenvalue weighted by atomic mass is 35.5. The van der Waals surface area contributed by atoms with E-state index in [-0.39, 0.29) is 64.3 Å². The van der Waals surface area contributed by atoms with E-state index in [1.54, 1.807) is 11.0 Å². The van der Waals surface area contributed by atoms with Gasteiger partial charge in [-0.2, -0.15) is 8.42 Å². The van der Waals surface area contributed by atoms with E-state index < -0.39 is 44.4 Å². The number of nitrogens with two attached hydrogens (primary N) is 1. The van der Waals surface area contributed by atoms with Gasteiger partial charge in [-0.05, 0) is 36.4 Å². The quantitative estimate of drug-likeness (QED) is 0.255. The number of hydrogen-bond acceptors (Lipinski definition) is 5. The average Bonchev–Trinajstić information content (AvgIpc) is 2.93. The van der Waals surface area contributed by atoms with Crippen molar-refractivity contribution in [2.24, 2.45) is 10.1 Å². The third kappa shape index (κ3) is 5.37. The van der Waals surface area contributed by atoms with Crippen LogP contribution in [-0.2, 0) is 10.0 Å². The fourth-order valence-corrected chi connectivity index (χ4v) is 6.12. The van der Waals surface area contributed by atoms with E-state index in [0.29, 0.717) is 6.07 Å². The molecule has 0 unspecified atom stereocenters. The predicted molar refractivity (Wildman–Crippen MR) is 150 cm³/mol. The molecule has 3 aromatic carbocycles. The van der Waals surface area contributed by atoms with E-state index in [1.807, 2.05) is 0 Å². The maximum atomic E-state index is 15.4. The van der Waals surface area contributed by atoms with Crippen molar-refractivity contribution < 1.29 is 31.5 Å². The average molecular weight is 620 g/mol. The summed E-state index contributed by atoms with van der Waals surface area (Å²) in [6.07, 6.45) is 0.902. The lowest BCUT2D eigenvalue weighted by molar-refractivity contribution is 0.0695. The van der Waals surface area contributed by atoms with Crippen LogP contribution < -0.4 is 16.1 Å². The third-order valence-electron chi connectivity index (χ3n) is 6.74. The van der Waals surface area contributed by atoms with Gasteiger partial charge in [0.05, 0.1) is 21.9 Å². The standard InChI is InChI=1S/C27H21ClF3N5O5S/c28-18-3-1-2-4-24(18)42(40,41)33-27(32)35-9-7-34(8-10-35)23-13-22-16(12-20(23)31)25(37)17(26(38)39)14-36(22)21-6-5-15(29)11-19(21)30/h1-6,11-14H,7-10H2,(H2,32,33)(H,38,39). The summed E-state index contributed by atoms with van der Waals surface area (Å²) in [6.45, 7) is 0.574. The molecule has 42 heavy (non-hydrogen) atoms. The number of halogens is 4. The number of nitrogens with zero attached hydrogens (tertiary/aromatic N) is 4. The molecule has 0 aliphatic carbocycles. The Bertz CT molecular complexity index is 1940. The molecule has 2 heterocycles. The largest absolute Gasteiger partial charge is 0.477 e. The van der Waals surface area contributed by atoms with Gasteiger partial charge in [0.15, 0.2) is 0 Å². The number of aromatic nitrogens is 1. The van der Waals surface area contributed by atoms with Crippen LogP contribution in [0.1, 0.15) is 10.4 Å². The summed E-state index contributed by atoms with van der Waals surface area (Å²) in [5.41, 5.74) is 4.03. The third-order valence-corrected chi connectivity index (χ3v) is 8.53. The van der Waals surface area contributed by atoms with E-state index in [0.717, 1.165) is 29.0 Å². The number of rotatable bonds is 5. The number of carbonyl (C=O) groups is 1. The minimum Gasteiger partial charge on any atom is -0.477 e. The van der Waals surface area contributed by atoms with Gasteiger partial charge >= 0.3 is 5.97 Å². The van der Waals surface area contributed by atoms with E-state index in [1.165, 1.54) is 29.2 Å². The number of sulfonamides is 1. The van der Waals surface area contributed by atoms with E-state index in [2.05, 4.69) is 4.40 Å². The van der Waals surface area contributed by atoms with Crippen LogP contribution in [0.3, 0.4) is 0 Å². The molecule has 0 saturated carbocycles. The first-order valence-corrected chi connectivity index (χ1v) is 14.1. The smallest absolute Gasteiger partial charge is 0.341 e. The summed E-state index contributed by atoms with van der Waals surface area (Å²) in [5.74, 6) is -4.63. The fraction of sp³-hybridized carbons (Fsp3) is 0.148. The molecule has 1 fully saturated rings. The monoisotopic (exact) mass is 619 g/mol. The Hall–Kier alpha value is -4.56. The molecule has 1 aliphatic heterocycles. The second-order valence-electron chi connectivity index (χ2n) is 9.29. The molecule has 0 amide bonds. The molecule has 0 bridgehead atoms. The molecule has 1 saturated heterocycles. The lowest BCUT2D eigenvalue weighted by Gasteiger charge is -2.36. The molecular formula is C27H21ClF3N5O5S. The maximum Gasteiger partial charge on any atom is 0.341 e. The van der Waals surface area contributed by atoms with Gasteiger partial charge in [0.2, 0.25) is 11.4 Å². The number of benzene rings is 3. The van der Waals surface area contributed by atoms with Gasteiger partial charge in [0, 0.05) is 43.8 Å². The normalized spacial score (nSPS) is 14.4. The lowest BCUT2D eigenvalue weighted by Crippen LogP contribution is -2.51. The number of aromatic carboxylic acids is 1. The van der Waals surface area contributed by atoms with Gasteiger partial charge in [0.25, 0.3) is 10.0 Å². The predicted octanol–water partition coefficient (Wildman–Crippen LogP) is 3.59. The van der Waals surface area contributed by atoms with Gasteiger partial charge in [-0.3, -0.25) is 4.79 Å². The topological polar surface area (TPSA) is 138 Å². The second kappa shape index (κ2) is 11.0. The molecule has 0 radical (unpaired) electrons. The molecular weight excluding hydrogens is 599 g/mol. The first kappa shape index (κ1) is 29.0. The summed E-state index contributed by atoms with van der Waals surface area (Å²) in [7, 11) is -4.20. The Balaban J connectivity index is 1.49. The number of anilines is 1. The number of fused-ring (bicyclic) bond motifs is 1. The molecule has 5 rings (SSSR count). The highest BCUT2D eigenvalue weighted by Crippen LogP contribution is 2.29. The Kier molecular flexibility index (Phi) is 7.60. The Morgan fingerprint density at radius 3 is 2.26 bits per heavy atom. The van der Waals surface area contributed by atoms with Crippen molar-refractivity contribution in [3.63, 3.8) is 0 Å². The van der Waals surface area contributed by atoms with Crippen molar-refractivity contribution in [3.8, 4) is 5.69 Å². The molecule has 0 spiro atoms. The van der Waals surface area contributed by atoms with Crippen molar-refractivity contribution in [3.05, 3.63) is 99.1 Å². The molecule has 0 atom stereocenters. The van der Waals surface area contributed by atoms with E-state index in [9.17, 15) is 31.9 Å². The molecule has 15 heteroatoms. The van der Waals surface area contributed by atoms with Gasteiger partial charge in [-0.15, -0.1) is 4.40 Å². The molecule has 4 aromatic rings. The maximum absolute atomic E-state index is 15.4. The summed E-state index contributed by atoms with van der Waals surface area (Å²) in [5, 5.41) is 9.18. The van der Waals surface area contributed by atoms with Crippen LogP contribution in [0.2, 0.25) is 5.02 Å². The summed E-state index contributed by atoms with van der Waals surface area (Å²) >= 11 is 5.99. The van der Waals surface area contributed by atoms with E-state index >= 15 is 4.39 Å². The van der Waals surface area contributed by atoms with Crippen LogP contribution in [0.5, 0.6) is 0 Å². The van der Waals surface area contributed by atoms with Crippen molar-refractivity contribution in [2.75, 3.05) is 31.1 Å². The first-order valence-electron chi connectivity index (χ1n) is 12.3. The molecule has 3 N–H and O–H groups in total. The zero-order valence-electron chi connectivity index (χ0n) is 21.5. The fourth-order valence-electron chi connectivity index (χ4n) is 4.67. The molecule has 218 valence electrons. The van der Waals surface area contributed by atoms with Crippen molar-refractivity contribution in [1.29, 1.82) is 0 Å². The van der Waals surface area contributed by atoms with Crippen LogP contribution in [-0.4, -0.2) is 61.1 Å². The summed E-state index contributed by atoms with van der Waals surface area (Å²) < 4.78 is 73.8. The second-order valence-corrected chi connectivity index (χ2v) is 11.3. The van der Waals surface area contributed by atoms with Crippen LogP contribution in [0, 0.1) is 17.5 Å². The van der Waals surface area contributed by atoms with E-state index in [4.69, 9.17) is 17.3 Å². The summed E-state index contributed by atoms with van der Waals surface area (Å²) in [6, 6.07) is 10.5. The zero-order chi connectivity index (χ0) is 30.3. The van der Waals surface area contributed by atoms with Crippen molar-refractivity contribution in [2.45, 2.75) is 4.90 Å². The van der Waals surface area contributed by atoms with Crippen LogP contribution >= 0.6 is 11.6 Å². The van der Waals surface area contributed by atoms with Gasteiger partial charge in [-0.25, -0.2) is 18.0 Å². The molecule has 10 nitrogen and oxygen atoms in total. The first-order chi connectivity index (χ1) is 19.9. The Labute approximate surface area is 241 Å². The zero-order valence-corrected chi connectivity index (χ0v) is 23.0. The van der Waals surface area contributed by atoms with Crippen LogP contribution in [0.25, 0.3) is 16.6 Å². The minimum absolute atomic E-state index is 0.0127. The van der Waals surface area contributed by atoms with Crippen LogP contribution in [0.15, 0.2) is 74.9 Å². The Morgan fingerprint density at radius 2 is 1.62 bits per heavy atom. The van der Waals surface area contributed by atoms with Crippen molar-refractivity contribution >= 4 is 50.1 Å². The molecule has 1 aliphatic rings. The van der Waals surface area contributed by atoms with Crippen molar-refractivity contribution in [1.82, 2.24) is 9.47 Å². The highest BCUT2D eigenvalue weighted by Gasteiger charge is 2.26. The Morgan fingerprint density at radius 1 is 0.952 bits per heavy atom. The molecule has 1 aromatic heterocycles. The van der Waals surface area contributed by atoms with Gasteiger partial charge in [-0.1, -0.05) is 23.7 Å². The summed E-state index contributed by atoms with van der Waals surface area (Å²) in [4.78, 5) is 27.5. The highest BCUT2D eigenvalue weighted by molar-refractivity contribution is 7.90. The number of hydrogen-bond donors (Lipinski definition) is 2. The van der Waals surface area contributed by atoms with Gasteiger partial charge < -0.3 is 25.2 Å². The number of piperazine rings is 1. The SMILES string of the molecule is N/C(=N\S(=O)(=O)c1ccccc1Cl)N1CCN(c2cc3c(cc2F)c(=O)c(C(=O)O)cn3-c2ccc(F)cc2F)CC1. The number of guanidine groups is 1. The van der Waals surface area contributed by atoms with Crippen LogP contribution in [0.4, 0.5) is 18.9 Å². The number of carboxylic acid groups (broad SMARTS) is 1. The number of pyridine rings is 1. The van der Waals surface area contributed by atoms with Gasteiger partial charge in [0.1, 0.15) is 27.9 Å². The lowest BCUT2D eigenvalue weighted by atomic mass is 10.1. The minimum atomic E-state index is -4.20. The number of carboxylic acids is 1.